The van der Waals surface area contributed by atoms with Crippen LogP contribution in [0, 0.1) is 0 Å². The molecule has 0 spiro atoms. The van der Waals surface area contributed by atoms with Crippen molar-refractivity contribution in [2.24, 2.45) is 4.99 Å². The number of nitrogens with one attached hydrogen (secondary N) is 1. The van der Waals surface area contributed by atoms with Crippen LogP contribution >= 0.6 is 0 Å². The van der Waals surface area contributed by atoms with Crippen molar-refractivity contribution in [3.63, 3.8) is 0 Å². The Kier molecular flexibility index (Phi) is 7.82. The molecule has 2 aromatic carbocycles. The number of amides is 1. The minimum absolute atomic E-state index is 0.0664. The first kappa shape index (κ1) is 22.0. The Morgan fingerprint density at radius 1 is 1.03 bits per heavy atom. The Morgan fingerprint density at radius 2 is 1.62 bits per heavy atom. The number of rotatable bonds is 10. The summed E-state index contributed by atoms with van der Waals surface area (Å²) in [6.45, 7) is 0.188. The van der Waals surface area contributed by atoms with E-state index >= 15 is 0 Å². The van der Waals surface area contributed by atoms with Gasteiger partial charge in [0, 0.05) is 23.9 Å². The van der Waals surface area contributed by atoms with Gasteiger partial charge in [0.05, 0.1) is 24.5 Å². The third kappa shape index (κ3) is 7.69. The first-order valence-electron chi connectivity index (χ1n) is 8.68. The van der Waals surface area contributed by atoms with Crippen LogP contribution in [0.5, 0.6) is 5.75 Å². The Bertz CT molecular complexity index is 1010. The lowest BCUT2D eigenvalue weighted by molar-refractivity contribution is -0.121. The molecule has 0 saturated carbocycles. The van der Waals surface area contributed by atoms with Crippen molar-refractivity contribution < 1.29 is 27.5 Å². The number of ketones is 1. The second kappa shape index (κ2) is 10.3. The summed E-state index contributed by atoms with van der Waals surface area (Å²) in [5.74, 6) is -0.102. The molecule has 0 bridgehead atoms. The highest BCUT2D eigenvalue weighted by atomic mass is 32.2. The van der Waals surface area contributed by atoms with E-state index < -0.39 is 9.84 Å². The molecule has 0 atom stereocenters. The molecule has 0 aliphatic heterocycles. The van der Waals surface area contributed by atoms with Gasteiger partial charge in [-0.3, -0.25) is 9.59 Å². The quantitative estimate of drug-likeness (QED) is 0.358. The first-order valence-corrected chi connectivity index (χ1v) is 10.7. The predicted octanol–water partition coefficient (Wildman–Crippen LogP) is 1.81. The second-order valence-electron chi connectivity index (χ2n) is 6.18. The van der Waals surface area contributed by atoms with Gasteiger partial charge in [0.2, 0.25) is 12.0 Å². The minimum atomic E-state index is -3.11. The maximum atomic E-state index is 12.5. The highest BCUT2D eigenvalue weighted by molar-refractivity contribution is 7.90. The largest absolute Gasteiger partial charge is 0.493 e. The molecular formula is C20H20N2O6S. The summed E-state index contributed by atoms with van der Waals surface area (Å²) in [5, 5.41) is 2.51. The summed E-state index contributed by atoms with van der Waals surface area (Å²) in [7, 11) is -3.11. The van der Waals surface area contributed by atoms with Crippen LogP contribution in [-0.2, 0) is 19.4 Å². The Hall–Kier alpha value is -3.29. The van der Waals surface area contributed by atoms with Crippen LogP contribution in [-0.4, -0.2) is 51.3 Å². The highest BCUT2D eigenvalue weighted by Gasteiger charge is 2.10. The monoisotopic (exact) mass is 416 g/mol. The van der Waals surface area contributed by atoms with Crippen LogP contribution in [0.25, 0.3) is 0 Å². The maximum Gasteiger partial charge on any atom is 0.240 e. The molecule has 1 amide bonds. The second-order valence-corrected chi connectivity index (χ2v) is 8.44. The van der Waals surface area contributed by atoms with Gasteiger partial charge in [-0.05, 0) is 48.5 Å². The van der Waals surface area contributed by atoms with Gasteiger partial charge in [-0.1, -0.05) is 0 Å². The van der Waals surface area contributed by atoms with Gasteiger partial charge >= 0.3 is 0 Å². The van der Waals surface area contributed by atoms with Crippen molar-refractivity contribution >= 4 is 33.3 Å². The fraction of sp³-hybridized carbons (Fsp3) is 0.250. The van der Waals surface area contributed by atoms with Crippen LogP contribution in [0.4, 0.5) is 5.69 Å². The summed E-state index contributed by atoms with van der Waals surface area (Å²) >= 11 is 0. The molecule has 0 aliphatic carbocycles. The number of hydrogen-bond acceptors (Lipinski definition) is 7. The molecule has 2 aromatic rings. The molecule has 2 rings (SSSR count). The molecule has 0 radical (unpaired) electrons. The molecule has 0 aliphatic rings. The Labute approximate surface area is 168 Å². The zero-order valence-electron chi connectivity index (χ0n) is 15.8. The summed E-state index contributed by atoms with van der Waals surface area (Å²) < 4.78 is 27.5. The van der Waals surface area contributed by atoms with Crippen molar-refractivity contribution in [2.75, 3.05) is 25.2 Å². The lowest BCUT2D eigenvalue weighted by Crippen LogP contribution is -2.29. The fourth-order valence-electron chi connectivity index (χ4n) is 2.34. The number of nitrogens with zero attached hydrogens (tertiary/aromatic N) is 1. The van der Waals surface area contributed by atoms with Crippen molar-refractivity contribution in [2.45, 2.75) is 6.42 Å². The van der Waals surface area contributed by atoms with Gasteiger partial charge in [-0.25, -0.2) is 13.2 Å². The number of sulfone groups is 1. The fourth-order valence-corrected chi connectivity index (χ4v) is 2.81. The number of carbonyl (C=O) groups is 2. The number of aliphatic imine (C=N–C) groups is 1. The molecule has 0 saturated heterocycles. The summed E-state index contributed by atoms with van der Waals surface area (Å²) in [5.41, 5.74) is 1.33. The first-order chi connectivity index (χ1) is 13.8. The molecule has 1 N–H and O–H groups in total. The van der Waals surface area contributed by atoms with Crippen LogP contribution in [0.1, 0.15) is 22.3 Å². The van der Waals surface area contributed by atoms with Gasteiger partial charge in [0.15, 0.2) is 5.78 Å². The average molecular weight is 416 g/mol. The number of ether oxygens (including phenoxy) is 1. The topological polar surface area (TPSA) is 119 Å². The van der Waals surface area contributed by atoms with Crippen LogP contribution in [0.15, 0.2) is 53.5 Å². The smallest absolute Gasteiger partial charge is 0.240 e. The van der Waals surface area contributed by atoms with Gasteiger partial charge < -0.3 is 10.1 Å². The SMILES string of the molecule is CS(=O)(=O)CCNC(=O)CCOc1ccc(C(=O)c2ccc(N=C=O)cc2)cc1. The van der Waals surface area contributed by atoms with E-state index in [-0.39, 0.29) is 37.0 Å². The predicted molar refractivity (Wildman–Crippen MR) is 107 cm³/mol. The van der Waals surface area contributed by atoms with E-state index in [1.807, 2.05) is 0 Å². The van der Waals surface area contributed by atoms with E-state index in [0.717, 1.165) is 6.26 Å². The summed E-state index contributed by atoms with van der Waals surface area (Å²) in [6.07, 6.45) is 2.63. The van der Waals surface area contributed by atoms with Crippen LogP contribution in [0.3, 0.4) is 0 Å². The molecular weight excluding hydrogens is 396 g/mol. The van der Waals surface area contributed by atoms with E-state index in [1.54, 1.807) is 48.5 Å². The van der Waals surface area contributed by atoms with E-state index in [9.17, 15) is 22.8 Å². The number of isocyanates is 1. The molecule has 152 valence electrons. The summed E-state index contributed by atoms with van der Waals surface area (Å²) in [4.78, 5) is 37.8. The van der Waals surface area contributed by atoms with Crippen LogP contribution < -0.4 is 10.1 Å². The summed E-state index contributed by atoms with van der Waals surface area (Å²) in [6, 6.07) is 12.7. The molecule has 0 aromatic heterocycles. The van der Waals surface area contributed by atoms with Crippen molar-refractivity contribution in [1.29, 1.82) is 0 Å². The molecule has 0 unspecified atom stereocenters. The highest BCUT2D eigenvalue weighted by Crippen LogP contribution is 2.18. The zero-order chi connectivity index (χ0) is 21.3. The molecule has 8 nitrogen and oxygen atoms in total. The molecule has 0 fully saturated rings. The molecule has 29 heavy (non-hydrogen) atoms. The van der Waals surface area contributed by atoms with Crippen molar-refractivity contribution in [1.82, 2.24) is 5.32 Å². The van der Waals surface area contributed by atoms with Gasteiger partial charge in [0.1, 0.15) is 15.6 Å². The molecule has 9 heteroatoms. The zero-order valence-corrected chi connectivity index (χ0v) is 16.6. The number of benzene rings is 2. The molecule has 0 heterocycles. The third-order valence-corrected chi connectivity index (χ3v) is 4.76. The Balaban J connectivity index is 1.83. The lowest BCUT2D eigenvalue weighted by atomic mass is 10.0. The Morgan fingerprint density at radius 3 is 2.17 bits per heavy atom. The van der Waals surface area contributed by atoms with Crippen molar-refractivity contribution in [3.05, 3.63) is 59.7 Å². The van der Waals surface area contributed by atoms with E-state index in [1.165, 1.54) is 6.08 Å². The number of hydrogen-bond donors (Lipinski definition) is 1. The minimum Gasteiger partial charge on any atom is -0.493 e. The average Bonchev–Trinajstić information content (AvgIpc) is 2.68. The van der Waals surface area contributed by atoms with Crippen molar-refractivity contribution in [3.8, 4) is 5.75 Å². The van der Waals surface area contributed by atoms with E-state index in [2.05, 4.69) is 10.3 Å². The van der Waals surface area contributed by atoms with Gasteiger partial charge in [-0.2, -0.15) is 4.99 Å². The van der Waals surface area contributed by atoms with Crippen LogP contribution in [0.2, 0.25) is 0 Å². The van der Waals surface area contributed by atoms with E-state index in [4.69, 9.17) is 4.74 Å². The van der Waals surface area contributed by atoms with E-state index in [0.29, 0.717) is 22.6 Å². The maximum absolute atomic E-state index is 12.5. The van der Waals surface area contributed by atoms with Gasteiger partial charge in [0.25, 0.3) is 0 Å². The lowest BCUT2D eigenvalue weighted by Gasteiger charge is -2.08. The number of carbonyl (C=O) groups excluding carboxylic acids is 3. The van der Waals surface area contributed by atoms with Gasteiger partial charge in [-0.15, -0.1) is 0 Å². The standard InChI is InChI=1S/C20H20N2O6S/c1-29(26,27)13-11-21-19(24)10-12-28-18-8-4-16(5-9-18)20(25)15-2-6-17(7-3-15)22-14-23/h2-9H,10-13H2,1H3,(H,21,24). The third-order valence-electron chi connectivity index (χ3n) is 3.81. The normalized spacial score (nSPS) is 10.7.